The fourth-order valence-electron chi connectivity index (χ4n) is 2.31. The number of thioether (sulfide) groups is 1. The second-order valence-corrected chi connectivity index (χ2v) is 7.28. The van der Waals surface area contributed by atoms with Gasteiger partial charge in [0, 0.05) is 17.0 Å². The minimum Gasteiger partial charge on any atom is -0.468 e. The van der Waals surface area contributed by atoms with Crippen LogP contribution in [0.4, 0.5) is 0 Å². The summed E-state index contributed by atoms with van der Waals surface area (Å²) in [7, 11) is 1.47. The predicted octanol–water partition coefficient (Wildman–Crippen LogP) is 1.56. The maximum Gasteiger partial charge on any atom is 0.327 e. The first-order valence-corrected chi connectivity index (χ1v) is 8.20. The summed E-state index contributed by atoms with van der Waals surface area (Å²) in [6, 6.07) is 0.474. The number of hydrogen-bond donors (Lipinski definition) is 2. The Morgan fingerprint density at radius 3 is 2.47 bits per heavy atom. The minimum atomic E-state index is -0.538. The van der Waals surface area contributed by atoms with Gasteiger partial charge in [-0.25, -0.2) is 0 Å². The van der Waals surface area contributed by atoms with Crippen LogP contribution in [0.2, 0.25) is 0 Å². The highest BCUT2D eigenvalue weighted by atomic mass is 32.2. The third kappa shape index (κ3) is 3.64. The molecule has 0 aliphatic heterocycles. The van der Waals surface area contributed by atoms with Crippen molar-refractivity contribution in [2.75, 3.05) is 12.9 Å². The highest BCUT2D eigenvalue weighted by Gasteiger charge is 2.53. The van der Waals surface area contributed by atoms with Crippen LogP contribution in [0, 0.1) is 5.92 Å². The van der Waals surface area contributed by atoms with E-state index in [1.807, 2.05) is 6.92 Å². The minimum absolute atomic E-state index is 0.129. The molecule has 0 aromatic rings. The van der Waals surface area contributed by atoms with Gasteiger partial charge in [0.25, 0.3) is 0 Å². The summed E-state index contributed by atoms with van der Waals surface area (Å²) in [6.45, 7) is 3.80. The average Bonchev–Trinajstić information content (AvgIpc) is 3.25. The first-order valence-electron chi connectivity index (χ1n) is 7.15. The smallest absolute Gasteiger partial charge is 0.327 e. The zero-order chi connectivity index (χ0) is 14.0. The van der Waals surface area contributed by atoms with Crippen molar-refractivity contribution in [3.05, 3.63) is 0 Å². The molecule has 19 heavy (non-hydrogen) atoms. The van der Waals surface area contributed by atoms with Crippen LogP contribution in [-0.4, -0.2) is 46.9 Å². The van der Waals surface area contributed by atoms with E-state index in [1.165, 1.54) is 7.11 Å². The number of ether oxygens (including phenoxy) is 1. The van der Waals surface area contributed by atoms with Crippen molar-refractivity contribution in [2.24, 2.45) is 5.92 Å². The SMILES string of the molecule is COC(=O)C(CSC(C)C(C)O)(NC1CC1)C1CC1. The van der Waals surface area contributed by atoms with E-state index in [0.29, 0.717) is 17.7 Å². The topological polar surface area (TPSA) is 58.6 Å². The van der Waals surface area contributed by atoms with Crippen molar-refractivity contribution in [3.8, 4) is 0 Å². The van der Waals surface area contributed by atoms with E-state index in [2.05, 4.69) is 5.32 Å². The Bertz CT molecular complexity index is 329. The highest BCUT2D eigenvalue weighted by molar-refractivity contribution is 8.00. The largest absolute Gasteiger partial charge is 0.468 e. The zero-order valence-electron chi connectivity index (χ0n) is 12.0. The van der Waals surface area contributed by atoms with Gasteiger partial charge in [0.05, 0.1) is 13.2 Å². The monoisotopic (exact) mass is 287 g/mol. The zero-order valence-corrected chi connectivity index (χ0v) is 12.8. The van der Waals surface area contributed by atoms with Gasteiger partial charge < -0.3 is 9.84 Å². The molecule has 2 saturated carbocycles. The van der Waals surface area contributed by atoms with E-state index in [-0.39, 0.29) is 17.3 Å². The molecule has 0 aromatic carbocycles. The van der Waals surface area contributed by atoms with Gasteiger partial charge in [-0.3, -0.25) is 10.1 Å². The Morgan fingerprint density at radius 2 is 2.05 bits per heavy atom. The second kappa shape index (κ2) is 6.02. The molecule has 2 fully saturated rings. The Kier molecular flexibility index (Phi) is 4.79. The number of aliphatic hydroxyl groups excluding tert-OH is 1. The van der Waals surface area contributed by atoms with Crippen molar-refractivity contribution >= 4 is 17.7 Å². The number of carbonyl (C=O) groups excluding carboxylic acids is 1. The van der Waals surface area contributed by atoms with Gasteiger partial charge in [-0.2, -0.15) is 11.8 Å². The van der Waals surface area contributed by atoms with E-state index >= 15 is 0 Å². The lowest BCUT2D eigenvalue weighted by atomic mass is 9.95. The summed E-state index contributed by atoms with van der Waals surface area (Å²) in [5.41, 5.74) is -0.538. The Morgan fingerprint density at radius 1 is 1.42 bits per heavy atom. The van der Waals surface area contributed by atoms with Gasteiger partial charge in [0.2, 0.25) is 0 Å². The van der Waals surface area contributed by atoms with Gasteiger partial charge in [0.15, 0.2) is 0 Å². The molecular formula is C14H25NO3S. The number of methoxy groups -OCH3 is 1. The summed E-state index contributed by atoms with van der Waals surface area (Å²) >= 11 is 1.66. The van der Waals surface area contributed by atoms with Crippen LogP contribution < -0.4 is 5.32 Å². The maximum atomic E-state index is 12.3. The summed E-state index contributed by atoms with van der Waals surface area (Å²) in [5, 5.41) is 13.3. The molecule has 110 valence electrons. The number of aliphatic hydroxyl groups is 1. The van der Waals surface area contributed by atoms with Crippen LogP contribution in [0.25, 0.3) is 0 Å². The first-order chi connectivity index (χ1) is 8.99. The lowest BCUT2D eigenvalue weighted by Gasteiger charge is -2.33. The van der Waals surface area contributed by atoms with E-state index in [1.54, 1.807) is 18.7 Å². The van der Waals surface area contributed by atoms with Crippen molar-refractivity contribution < 1.29 is 14.6 Å². The Hall–Kier alpha value is -0.260. The van der Waals surface area contributed by atoms with Crippen LogP contribution >= 0.6 is 11.8 Å². The van der Waals surface area contributed by atoms with Gasteiger partial charge in [-0.1, -0.05) is 6.92 Å². The third-order valence-corrected chi connectivity index (χ3v) is 5.66. The van der Waals surface area contributed by atoms with Gasteiger partial charge in [0.1, 0.15) is 5.54 Å². The molecule has 0 spiro atoms. The van der Waals surface area contributed by atoms with E-state index < -0.39 is 5.54 Å². The average molecular weight is 287 g/mol. The molecular weight excluding hydrogens is 262 g/mol. The summed E-state index contributed by atoms with van der Waals surface area (Å²) in [6.07, 6.45) is 4.14. The molecule has 2 N–H and O–H groups in total. The first kappa shape index (κ1) is 15.1. The van der Waals surface area contributed by atoms with Crippen LogP contribution in [0.1, 0.15) is 39.5 Å². The Labute approximate surface area is 119 Å². The van der Waals surface area contributed by atoms with Crippen LogP contribution in [0.5, 0.6) is 0 Å². The van der Waals surface area contributed by atoms with Crippen LogP contribution in [0.15, 0.2) is 0 Å². The number of carbonyl (C=O) groups is 1. The van der Waals surface area contributed by atoms with Crippen molar-refractivity contribution in [2.45, 2.75) is 62.5 Å². The number of rotatable bonds is 8. The number of esters is 1. The van der Waals surface area contributed by atoms with Crippen LogP contribution in [0.3, 0.4) is 0 Å². The third-order valence-electron chi connectivity index (χ3n) is 4.12. The van der Waals surface area contributed by atoms with Gasteiger partial charge in [-0.15, -0.1) is 0 Å². The fourth-order valence-corrected chi connectivity index (χ4v) is 3.56. The Balaban J connectivity index is 2.04. The molecule has 3 atom stereocenters. The lowest BCUT2D eigenvalue weighted by Crippen LogP contribution is -2.58. The summed E-state index contributed by atoms with van der Waals surface area (Å²) < 4.78 is 5.06. The van der Waals surface area contributed by atoms with Crippen molar-refractivity contribution in [1.29, 1.82) is 0 Å². The molecule has 0 aromatic heterocycles. The fraction of sp³-hybridized carbons (Fsp3) is 0.929. The highest BCUT2D eigenvalue weighted by Crippen LogP contribution is 2.44. The molecule has 2 rings (SSSR count). The maximum absolute atomic E-state index is 12.3. The molecule has 0 saturated heterocycles. The number of hydrogen-bond acceptors (Lipinski definition) is 5. The van der Waals surface area contributed by atoms with Gasteiger partial charge >= 0.3 is 5.97 Å². The second-order valence-electron chi connectivity index (χ2n) is 5.91. The molecule has 5 heteroatoms. The van der Waals surface area contributed by atoms with E-state index in [9.17, 15) is 9.90 Å². The summed E-state index contributed by atoms with van der Waals surface area (Å²) in [5.74, 6) is 0.953. The molecule has 0 heterocycles. The quantitative estimate of drug-likeness (QED) is 0.664. The summed E-state index contributed by atoms with van der Waals surface area (Å²) in [4.78, 5) is 12.3. The molecule has 3 unspecified atom stereocenters. The normalized spacial score (nSPS) is 25.5. The van der Waals surface area contributed by atoms with E-state index in [0.717, 1.165) is 25.7 Å². The predicted molar refractivity (Wildman–Crippen MR) is 77.2 cm³/mol. The van der Waals surface area contributed by atoms with E-state index in [4.69, 9.17) is 4.74 Å². The van der Waals surface area contributed by atoms with Crippen molar-refractivity contribution in [1.82, 2.24) is 5.32 Å². The molecule has 0 bridgehead atoms. The van der Waals surface area contributed by atoms with Crippen LogP contribution in [-0.2, 0) is 9.53 Å². The molecule has 0 amide bonds. The number of nitrogens with one attached hydrogen (secondary N) is 1. The molecule has 4 nitrogen and oxygen atoms in total. The molecule has 2 aliphatic rings. The lowest BCUT2D eigenvalue weighted by molar-refractivity contribution is -0.148. The van der Waals surface area contributed by atoms with Crippen molar-refractivity contribution in [3.63, 3.8) is 0 Å². The molecule has 2 aliphatic carbocycles. The van der Waals surface area contributed by atoms with Gasteiger partial charge in [-0.05, 0) is 38.5 Å². The molecule has 0 radical (unpaired) electrons. The standard InChI is InChI=1S/C14H25NO3S/c1-9(16)10(2)19-8-14(11-4-5-11,13(17)18-3)15-12-6-7-12/h9-12,15-16H,4-8H2,1-3H3.